The van der Waals surface area contributed by atoms with Crippen molar-refractivity contribution in [3.8, 4) is 5.75 Å². The lowest BCUT2D eigenvalue weighted by Gasteiger charge is -2.12. The zero-order valence-electron chi connectivity index (χ0n) is 9.91. The molecular weight excluding hydrogens is 233 g/mol. The van der Waals surface area contributed by atoms with E-state index in [1.807, 2.05) is 0 Å². The number of rotatable bonds is 3. The van der Waals surface area contributed by atoms with Gasteiger partial charge in [0.2, 0.25) is 0 Å². The molecule has 0 radical (unpaired) electrons. The number of anilines is 4. The third-order valence-corrected chi connectivity index (χ3v) is 2.53. The monoisotopic (exact) mass is 247 g/mol. The van der Waals surface area contributed by atoms with Gasteiger partial charge in [-0.25, -0.2) is 4.39 Å². The number of hydrogen-bond donors (Lipinski definition) is 3. The molecule has 0 heterocycles. The summed E-state index contributed by atoms with van der Waals surface area (Å²) in [5.74, 6) is 0.0691. The fourth-order valence-corrected chi connectivity index (χ4v) is 1.58. The second-order valence-electron chi connectivity index (χ2n) is 3.81. The van der Waals surface area contributed by atoms with Crippen LogP contribution >= 0.6 is 0 Å². The van der Waals surface area contributed by atoms with Crippen LogP contribution in [0.15, 0.2) is 36.4 Å². The Morgan fingerprint density at radius 1 is 1.06 bits per heavy atom. The molecule has 0 bridgehead atoms. The molecule has 0 spiro atoms. The van der Waals surface area contributed by atoms with E-state index in [1.165, 1.54) is 19.2 Å². The van der Waals surface area contributed by atoms with E-state index in [2.05, 4.69) is 5.32 Å². The van der Waals surface area contributed by atoms with Crippen LogP contribution in [-0.2, 0) is 0 Å². The quantitative estimate of drug-likeness (QED) is 0.729. The van der Waals surface area contributed by atoms with Gasteiger partial charge in [0.05, 0.1) is 24.2 Å². The molecule has 2 aromatic carbocycles. The van der Waals surface area contributed by atoms with Gasteiger partial charge in [0, 0.05) is 11.8 Å². The van der Waals surface area contributed by atoms with E-state index in [0.717, 1.165) is 5.69 Å². The predicted octanol–water partition coefficient (Wildman–Crippen LogP) is 2.74. The summed E-state index contributed by atoms with van der Waals surface area (Å²) in [5, 5.41) is 3.09. The first kappa shape index (κ1) is 12.0. The minimum absolute atomic E-state index is 0.353. The molecule has 5 N–H and O–H groups in total. The van der Waals surface area contributed by atoms with Crippen LogP contribution in [0, 0.1) is 5.82 Å². The normalized spacial score (nSPS) is 10.1. The zero-order chi connectivity index (χ0) is 13.1. The average Bonchev–Trinajstić information content (AvgIpc) is 2.36. The van der Waals surface area contributed by atoms with Crippen LogP contribution in [-0.4, -0.2) is 7.11 Å². The minimum Gasteiger partial charge on any atom is -0.494 e. The van der Waals surface area contributed by atoms with Gasteiger partial charge in [0.15, 0.2) is 0 Å². The maximum absolute atomic E-state index is 13.0. The summed E-state index contributed by atoms with van der Waals surface area (Å²) in [6.07, 6.45) is 0. The molecule has 0 aliphatic heterocycles. The van der Waals surface area contributed by atoms with Gasteiger partial charge in [0.25, 0.3) is 0 Å². The van der Waals surface area contributed by atoms with Crippen molar-refractivity contribution in [1.29, 1.82) is 0 Å². The van der Waals surface area contributed by atoms with Gasteiger partial charge in [0.1, 0.15) is 11.6 Å². The third kappa shape index (κ3) is 2.45. The summed E-state index contributed by atoms with van der Waals surface area (Å²) in [4.78, 5) is 0. The van der Waals surface area contributed by atoms with E-state index in [0.29, 0.717) is 22.8 Å². The van der Waals surface area contributed by atoms with E-state index < -0.39 is 0 Å². The third-order valence-electron chi connectivity index (χ3n) is 2.53. The first-order valence-electron chi connectivity index (χ1n) is 5.35. The van der Waals surface area contributed by atoms with Crippen molar-refractivity contribution in [2.45, 2.75) is 0 Å². The van der Waals surface area contributed by atoms with E-state index in [-0.39, 0.29) is 5.82 Å². The first-order valence-corrected chi connectivity index (χ1v) is 5.35. The molecule has 0 unspecified atom stereocenters. The minimum atomic E-state index is -0.353. The van der Waals surface area contributed by atoms with Crippen LogP contribution in [0.3, 0.4) is 0 Å². The number of nitrogen functional groups attached to an aromatic ring is 2. The molecule has 0 aromatic heterocycles. The van der Waals surface area contributed by atoms with E-state index in [4.69, 9.17) is 16.2 Å². The number of methoxy groups -OCH3 is 1. The van der Waals surface area contributed by atoms with Crippen molar-refractivity contribution in [3.63, 3.8) is 0 Å². The molecule has 0 aliphatic carbocycles. The summed E-state index contributed by atoms with van der Waals surface area (Å²) in [7, 11) is 1.48. The molecule has 0 atom stereocenters. The van der Waals surface area contributed by atoms with Crippen molar-refractivity contribution >= 4 is 22.7 Å². The van der Waals surface area contributed by atoms with Crippen LogP contribution < -0.4 is 21.5 Å². The van der Waals surface area contributed by atoms with Gasteiger partial charge >= 0.3 is 0 Å². The summed E-state index contributed by atoms with van der Waals surface area (Å²) < 4.78 is 18.1. The van der Waals surface area contributed by atoms with Crippen LogP contribution in [0.4, 0.5) is 27.1 Å². The topological polar surface area (TPSA) is 73.3 Å². The molecule has 2 aromatic rings. The molecule has 0 aliphatic rings. The molecule has 0 saturated carbocycles. The van der Waals surface area contributed by atoms with Crippen molar-refractivity contribution < 1.29 is 9.13 Å². The molecule has 2 rings (SSSR count). The Morgan fingerprint density at radius 2 is 1.83 bits per heavy atom. The van der Waals surface area contributed by atoms with Gasteiger partial charge in [-0.2, -0.15) is 0 Å². The lowest BCUT2D eigenvalue weighted by atomic mass is 10.2. The number of halogens is 1. The van der Waals surface area contributed by atoms with Gasteiger partial charge in [-0.3, -0.25) is 0 Å². The van der Waals surface area contributed by atoms with Crippen molar-refractivity contribution in [3.05, 3.63) is 42.2 Å². The largest absolute Gasteiger partial charge is 0.494 e. The Balaban J connectivity index is 2.30. The van der Waals surface area contributed by atoms with Gasteiger partial charge in [-0.15, -0.1) is 0 Å². The van der Waals surface area contributed by atoms with E-state index in [9.17, 15) is 4.39 Å². The smallest absolute Gasteiger partial charge is 0.145 e. The van der Waals surface area contributed by atoms with Gasteiger partial charge in [-0.1, -0.05) is 0 Å². The molecule has 4 nitrogen and oxygen atoms in total. The van der Waals surface area contributed by atoms with Gasteiger partial charge < -0.3 is 21.5 Å². The highest BCUT2D eigenvalue weighted by atomic mass is 19.1. The SMILES string of the molecule is COc1cc(F)ccc1Nc1ccc(N)c(N)c1. The van der Waals surface area contributed by atoms with E-state index >= 15 is 0 Å². The van der Waals surface area contributed by atoms with Gasteiger partial charge in [-0.05, 0) is 30.3 Å². The molecule has 0 amide bonds. The Labute approximate surface area is 104 Å². The van der Waals surface area contributed by atoms with E-state index in [1.54, 1.807) is 24.3 Å². The molecular formula is C13H14FN3O. The van der Waals surface area contributed by atoms with Crippen LogP contribution in [0.5, 0.6) is 5.75 Å². The molecule has 0 saturated heterocycles. The van der Waals surface area contributed by atoms with Crippen LogP contribution in [0.2, 0.25) is 0 Å². The fourth-order valence-electron chi connectivity index (χ4n) is 1.58. The molecule has 5 heteroatoms. The summed E-state index contributed by atoms with van der Waals surface area (Å²) in [6, 6.07) is 9.45. The second-order valence-corrected chi connectivity index (χ2v) is 3.81. The zero-order valence-corrected chi connectivity index (χ0v) is 9.91. The lowest BCUT2D eigenvalue weighted by Crippen LogP contribution is -1.98. The van der Waals surface area contributed by atoms with Crippen LogP contribution in [0.1, 0.15) is 0 Å². The Hall–Kier alpha value is -2.43. The number of ether oxygens (including phenoxy) is 1. The first-order chi connectivity index (χ1) is 8.60. The maximum atomic E-state index is 13.0. The van der Waals surface area contributed by atoms with Crippen molar-refractivity contribution in [2.75, 3.05) is 23.9 Å². The number of benzene rings is 2. The number of nitrogens with one attached hydrogen (secondary N) is 1. The number of hydrogen-bond acceptors (Lipinski definition) is 4. The average molecular weight is 247 g/mol. The fraction of sp³-hybridized carbons (Fsp3) is 0.0769. The highest BCUT2D eigenvalue weighted by molar-refractivity contribution is 5.74. The standard InChI is InChI=1S/C13H14FN3O/c1-18-13-6-8(14)2-5-12(13)17-9-3-4-10(15)11(16)7-9/h2-7,17H,15-16H2,1H3. The second kappa shape index (κ2) is 4.83. The highest BCUT2D eigenvalue weighted by Gasteiger charge is 2.05. The summed E-state index contributed by atoms with van der Waals surface area (Å²) in [6.45, 7) is 0. The number of nitrogens with two attached hydrogens (primary N) is 2. The Bertz CT molecular complexity index is 572. The Kier molecular flexibility index (Phi) is 3.23. The van der Waals surface area contributed by atoms with Crippen molar-refractivity contribution in [1.82, 2.24) is 0 Å². The maximum Gasteiger partial charge on any atom is 0.145 e. The summed E-state index contributed by atoms with van der Waals surface area (Å²) >= 11 is 0. The molecule has 18 heavy (non-hydrogen) atoms. The summed E-state index contributed by atoms with van der Waals surface area (Å²) in [5.41, 5.74) is 13.8. The Morgan fingerprint density at radius 3 is 2.50 bits per heavy atom. The van der Waals surface area contributed by atoms with Crippen LogP contribution in [0.25, 0.3) is 0 Å². The highest BCUT2D eigenvalue weighted by Crippen LogP contribution is 2.29. The van der Waals surface area contributed by atoms with Crippen molar-refractivity contribution in [2.24, 2.45) is 0 Å². The predicted molar refractivity (Wildman–Crippen MR) is 71.5 cm³/mol. The molecule has 0 fully saturated rings. The lowest BCUT2D eigenvalue weighted by molar-refractivity contribution is 0.413. The molecule has 94 valence electrons.